The molecular formula is C15H16F2N2O. The minimum absolute atomic E-state index is 0.119. The van der Waals surface area contributed by atoms with Gasteiger partial charge in [0.25, 0.3) is 0 Å². The van der Waals surface area contributed by atoms with E-state index in [2.05, 4.69) is 5.10 Å². The number of halogens is 2. The average Bonchev–Trinajstić information content (AvgIpc) is 2.79. The van der Waals surface area contributed by atoms with Crippen molar-refractivity contribution in [1.29, 1.82) is 0 Å². The molecule has 0 bridgehead atoms. The SMILES string of the molecule is CCc1nn(Cc2cc(F)ccc2F)c(CC)c1C=O. The van der Waals surface area contributed by atoms with Gasteiger partial charge in [0, 0.05) is 11.3 Å². The molecule has 1 aromatic heterocycles. The number of carbonyl (C=O) groups is 1. The van der Waals surface area contributed by atoms with Gasteiger partial charge in [0.05, 0.1) is 17.8 Å². The number of nitrogens with zero attached hydrogens (tertiary/aromatic N) is 2. The normalized spacial score (nSPS) is 10.8. The molecule has 1 aromatic carbocycles. The van der Waals surface area contributed by atoms with Crippen LogP contribution in [0, 0.1) is 11.6 Å². The van der Waals surface area contributed by atoms with Gasteiger partial charge in [0.2, 0.25) is 0 Å². The molecule has 106 valence electrons. The Morgan fingerprint density at radius 1 is 1.25 bits per heavy atom. The van der Waals surface area contributed by atoms with Crippen molar-refractivity contribution in [3.8, 4) is 0 Å². The van der Waals surface area contributed by atoms with Gasteiger partial charge in [-0.1, -0.05) is 13.8 Å². The lowest BCUT2D eigenvalue weighted by Gasteiger charge is -2.07. The number of carbonyl (C=O) groups excluding carboxylic acids is 1. The predicted octanol–water partition coefficient (Wildman–Crippen LogP) is 3.15. The lowest BCUT2D eigenvalue weighted by atomic mass is 10.1. The lowest BCUT2D eigenvalue weighted by Crippen LogP contribution is -2.08. The Kier molecular flexibility index (Phi) is 4.27. The third kappa shape index (κ3) is 2.61. The first-order valence-corrected chi connectivity index (χ1v) is 6.58. The zero-order chi connectivity index (χ0) is 14.7. The van der Waals surface area contributed by atoms with Gasteiger partial charge in [0.1, 0.15) is 11.6 Å². The molecule has 2 aromatic rings. The summed E-state index contributed by atoms with van der Waals surface area (Å²) in [5.41, 5.74) is 2.23. The lowest BCUT2D eigenvalue weighted by molar-refractivity contribution is 0.112. The molecule has 0 unspecified atom stereocenters. The maximum Gasteiger partial charge on any atom is 0.153 e. The number of aldehydes is 1. The van der Waals surface area contributed by atoms with Gasteiger partial charge < -0.3 is 0 Å². The molecule has 0 amide bonds. The summed E-state index contributed by atoms with van der Waals surface area (Å²) in [6.45, 7) is 3.93. The molecule has 0 atom stereocenters. The van der Waals surface area contributed by atoms with Crippen molar-refractivity contribution >= 4 is 6.29 Å². The molecule has 0 saturated carbocycles. The van der Waals surface area contributed by atoms with Crippen molar-refractivity contribution in [1.82, 2.24) is 9.78 Å². The zero-order valence-corrected chi connectivity index (χ0v) is 11.5. The Bertz CT molecular complexity index is 635. The van der Waals surface area contributed by atoms with E-state index in [1.807, 2.05) is 13.8 Å². The van der Waals surface area contributed by atoms with Gasteiger partial charge in [-0.05, 0) is 31.0 Å². The Morgan fingerprint density at radius 3 is 2.60 bits per heavy atom. The second-order valence-corrected chi connectivity index (χ2v) is 4.53. The van der Waals surface area contributed by atoms with Crippen LogP contribution in [0.3, 0.4) is 0 Å². The van der Waals surface area contributed by atoms with Crippen LogP contribution in [0.15, 0.2) is 18.2 Å². The highest BCUT2D eigenvalue weighted by Gasteiger charge is 2.16. The summed E-state index contributed by atoms with van der Waals surface area (Å²) in [7, 11) is 0. The average molecular weight is 278 g/mol. The second-order valence-electron chi connectivity index (χ2n) is 4.53. The van der Waals surface area contributed by atoms with E-state index in [-0.39, 0.29) is 12.1 Å². The van der Waals surface area contributed by atoms with Crippen molar-refractivity contribution in [3.05, 3.63) is 52.3 Å². The van der Waals surface area contributed by atoms with Crippen LogP contribution in [0.4, 0.5) is 8.78 Å². The van der Waals surface area contributed by atoms with E-state index in [0.717, 1.165) is 30.2 Å². The minimum Gasteiger partial charge on any atom is -0.298 e. The van der Waals surface area contributed by atoms with Crippen LogP contribution >= 0.6 is 0 Å². The van der Waals surface area contributed by atoms with Crippen molar-refractivity contribution in [2.24, 2.45) is 0 Å². The Labute approximate surface area is 116 Å². The minimum atomic E-state index is -0.488. The topological polar surface area (TPSA) is 34.9 Å². The van der Waals surface area contributed by atoms with Crippen LogP contribution in [0.1, 0.15) is 41.2 Å². The highest BCUT2D eigenvalue weighted by molar-refractivity contribution is 5.78. The number of aromatic nitrogens is 2. The molecule has 0 saturated heterocycles. The van der Waals surface area contributed by atoms with E-state index in [4.69, 9.17) is 0 Å². The molecule has 5 heteroatoms. The van der Waals surface area contributed by atoms with E-state index in [1.165, 1.54) is 0 Å². The molecule has 0 radical (unpaired) electrons. The van der Waals surface area contributed by atoms with E-state index in [9.17, 15) is 13.6 Å². The van der Waals surface area contributed by atoms with Crippen molar-refractivity contribution in [2.75, 3.05) is 0 Å². The van der Waals surface area contributed by atoms with Gasteiger partial charge in [-0.3, -0.25) is 9.48 Å². The molecule has 0 aliphatic carbocycles. The summed E-state index contributed by atoms with van der Waals surface area (Å²) in [6.07, 6.45) is 2.01. The van der Waals surface area contributed by atoms with Crippen LogP contribution in [-0.4, -0.2) is 16.1 Å². The van der Waals surface area contributed by atoms with Crippen LogP contribution < -0.4 is 0 Å². The van der Waals surface area contributed by atoms with Crippen LogP contribution in [0.25, 0.3) is 0 Å². The first-order valence-electron chi connectivity index (χ1n) is 6.58. The van der Waals surface area contributed by atoms with Crippen LogP contribution in [0.5, 0.6) is 0 Å². The van der Waals surface area contributed by atoms with Gasteiger partial charge in [-0.2, -0.15) is 5.10 Å². The summed E-state index contributed by atoms with van der Waals surface area (Å²) in [5, 5.41) is 4.33. The molecule has 2 rings (SSSR count). The largest absolute Gasteiger partial charge is 0.298 e. The maximum absolute atomic E-state index is 13.7. The number of aryl methyl sites for hydroxylation is 1. The van der Waals surface area contributed by atoms with Crippen molar-refractivity contribution < 1.29 is 13.6 Å². The number of hydrogen-bond donors (Lipinski definition) is 0. The van der Waals surface area contributed by atoms with Crippen molar-refractivity contribution in [3.63, 3.8) is 0 Å². The van der Waals surface area contributed by atoms with Crippen LogP contribution in [-0.2, 0) is 19.4 Å². The molecule has 20 heavy (non-hydrogen) atoms. The fourth-order valence-electron chi connectivity index (χ4n) is 2.29. The maximum atomic E-state index is 13.7. The first kappa shape index (κ1) is 14.4. The molecule has 0 aliphatic heterocycles. The third-order valence-corrected chi connectivity index (χ3v) is 3.29. The molecule has 0 aliphatic rings. The Morgan fingerprint density at radius 2 is 2.00 bits per heavy atom. The fraction of sp³-hybridized carbons (Fsp3) is 0.333. The molecule has 0 spiro atoms. The molecule has 1 heterocycles. The number of rotatable bonds is 5. The Hall–Kier alpha value is -2.04. The van der Waals surface area contributed by atoms with Gasteiger partial charge in [0.15, 0.2) is 6.29 Å². The van der Waals surface area contributed by atoms with Crippen molar-refractivity contribution in [2.45, 2.75) is 33.2 Å². The van der Waals surface area contributed by atoms with Gasteiger partial charge >= 0.3 is 0 Å². The summed E-state index contributed by atoms with van der Waals surface area (Å²) in [5.74, 6) is -0.965. The van der Waals surface area contributed by atoms with Gasteiger partial charge in [-0.25, -0.2) is 8.78 Å². The second kappa shape index (κ2) is 5.94. The van der Waals surface area contributed by atoms with E-state index in [1.54, 1.807) is 4.68 Å². The standard InChI is InChI=1S/C15H16F2N2O/c1-3-14-12(9-20)15(4-2)19(18-14)8-10-7-11(16)5-6-13(10)17/h5-7,9H,3-4,8H2,1-2H3. The molecule has 0 N–H and O–H groups in total. The van der Waals surface area contributed by atoms with E-state index < -0.39 is 11.6 Å². The molecule has 0 fully saturated rings. The quantitative estimate of drug-likeness (QED) is 0.787. The van der Waals surface area contributed by atoms with Gasteiger partial charge in [-0.15, -0.1) is 0 Å². The summed E-state index contributed by atoms with van der Waals surface area (Å²) < 4.78 is 28.5. The number of benzene rings is 1. The Balaban J connectivity index is 2.45. The summed E-state index contributed by atoms with van der Waals surface area (Å²) >= 11 is 0. The molecule has 3 nitrogen and oxygen atoms in total. The van der Waals surface area contributed by atoms with E-state index >= 15 is 0 Å². The van der Waals surface area contributed by atoms with E-state index in [0.29, 0.717) is 24.1 Å². The zero-order valence-electron chi connectivity index (χ0n) is 11.5. The monoisotopic (exact) mass is 278 g/mol. The first-order chi connectivity index (χ1) is 9.60. The predicted molar refractivity (Wildman–Crippen MR) is 71.8 cm³/mol. The van der Waals surface area contributed by atoms with Crippen LogP contribution in [0.2, 0.25) is 0 Å². The molecular weight excluding hydrogens is 262 g/mol. The summed E-state index contributed by atoms with van der Waals surface area (Å²) in [6, 6.07) is 3.33. The highest BCUT2D eigenvalue weighted by atomic mass is 19.1. The fourth-order valence-corrected chi connectivity index (χ4v) is 2.29. The summed E-state index contributed by atoms with van der Waals surface area (Å²) in [4.78, 5) is 11.2. The third-order valence-electron chi connectivity index (χ3n) is 3.29. The smallest absolute Gasteiger partial charge is 0.153 e. The highest BCUT2D eigenvalue weighted by Crippen LogP contribution is 2.17. The number of hydrogen-bond acceptors (Lipinski definition) is 2.